The number of carbonyl (C=O) groups excluding carboxylic acids is 1. The fraction of sp³-hybridized carbons (Fsp3) is 0.300. The molecule has 5 rings (SSSR count). The van der Waals surface area contributed by atoms with Crippen molar-refractivity contribution in [1.29, 1.82) is 0 Å². The van der Waals surface area contributed by atoms with Crippen LogP contribution in [0.1, 0.15) is 31.0 Å². The number of hydrogen-bond donors (Lipinski definition) is 2. The molecule has 0 saturated heterocycles. The number of fused-ring (bicyclic) bond motifs is 2. The predicted octanol–water partition coefficient (Wildman–Crippen LogP) is 4.12. The van der Waals surface area contributed by atoms with Crippen LogP contribution in [0.4, 0.5) is 14.6 Å². The molecule has 1 saturated carbocycles. The van der Waals surface area contributed by atoms with E-state index in [-0.39, 0.29) is 17.4 Å². The predicted molar refractivity (Wildman–Crippen MR) is 97.7 cm³/mol. The zero-order valence-corrected chi connectivity index (χ0v) is 15.0. The quantitative estimate of drug-likeness (QED) is 0.708. The van der Waals surface area contributed by atoms with Crippen molar-refractivity contribution in [3.8, 4) is 11.5 Å². The van der Waals surface area contributed by atoms with Crippen LogP contribution in [-0.4, -0.2) is 22.2 Å². The van der Waals surface area contributed by atoms with Gasteiger partial charge in [-0.25, -0.2) is 4.98 Å². The number of benzene rings is 1. The highest BCUT2D eigenvalue weighted by Crippen LogP contribution is 2.52. The first-order valence-electron chi connectivity index (χ1n) is 9.08. The van der Waals surface area contributed by atoms with Crippen LogP contribution in [0.25, 0.3) is 10.9 Å². The van der Waals surface area contributed by atoms with E-state index in [1.807, 2.05) is 12.1 Å². The van der Waals surface area contributed by atoms with Crippen molar-refractivity contribution in [3.63, 3.8) is 0 Å². The molecule has 3 aromatic rings. The van der Waals surface area contributed by atoms with Gasteiger partial charge in [-0.15, -0.1) is 8.78 Å². The summed E-state index contributed by atoms with van der Waals surface area (Å²) < 4.78 is 35.4. The summed E-state index contributed by atoms with van der Waals surface area (Å²) in [5.74, 6) is 0.158. The number of rotatable bonds is 4. The van der Waals surface area contributed by atoms with Gasteiger partial charge in [-0.1, -0.05) is 13.0 Å². The molecule has 0 spiro atoms. The van der Waals surface area contributed by atoms with E-state index in [0.717, 1.165) is 23.0 Å². The van der Waals surface area contributed by atoms with Crippen LogP contribution in [0.2, 0.25) is 0 Å². The Balaban J connectivity index is 1.40. The van der Waals surface area contributed by atoms with Crippen molar-refractivity contribution < 1.29 is 23.0 Å². The standard InChI is InChI=1S/C20H17F2N3O3/c1-2-13-7-11-8-17(23-10-14(11)24-13)25-18(26)19(5-6-19)12-3-4-15-16(9-12)28-20(21,22)27-15/h3-4,7-10,24H,2,5-6H2,1H3,(H,23,25,26). The normalized spacial score (nSPS) is 18.2. The number of alkyl halides is 2. The number of nitrogens with zero attached hydrogens (tertiary/aromatic N) is 1. The lowest BCUT2D eigenvalue weighted by Crippen LogP contribution is -2.28. The van der Waals surface area contributed by atoms with Crippen molar-refractivity contribution in [2.75, 3.05) is 5.32 Å². The molecular formula is C20H17F2N3O3. The van der Waals surface area contributed by atoms with E-state index in [0.29, 0.717) is 24.2 Å². The average Bonchev–Trinajstić information content (AvgIpc) is 3.26. The van der Waals surface area contributed by atoms with Crippen molar-refractivity contribution in [2.24, 2.45) is 0 Å². The Morgan fingerprint density at radius 2 is 2.00 bits per heavy atom. The number of aryl methyl sites for hydroxylation is 1. The highest BCUT2D eigenvalue weighted by Gasteiger charge is 2.52. The van der Waals surface area contributed by atoms with E-state index in [2.05, 4.69) is 31.7 Å². The summed E-state index contributed by atoms with van der Waals surface area (Å²) in [6.07, 6.45) is 0.143. The fourth-order valence-corrected chi connectivity index (χ4v) is 3.60. The van der Waals surface area contributed by atoms with Gasteiger partial charge in [0, 0.05) is 11.1 Å². The molecule has 28 heavy (non-hydrogen) atoms. The van der Waals surface area contributed by atoms with E-state index in [1.54, 1.807) is 12.3 Å². The molecule has 2 aliphatic rings. The summed E-state index contributed by atoms with van der Waals surface area (Å²) >= 11 is 0. The summed E-state index contributed by atoms with van der Waals surface area (Å²) in [5, 5.41) is 3.83. The molecule has 0 radical (unpaired) electrons. The van der Waals surface area contributed by atoms with Crippen molar-refractivity contribution in [3.05, 3.63) is 47.8 Å². The molecule has 1 aromatic carbocycles. The highest BCUT2D eigenvalue weighted by molar-refractivity contribution is 6.01. The number of carbonyl (C=O) groups is 1. The fourth-order valence-electron chi connectivity index (χ4n) is 3.60. The van der Waals surface area contributed by atoms with Crippen LogP contribution >= 0.6 is 0 Å². The van der Waals surface area contributed by atoms with Crippen LogP contribution in [0.15, 0.2) is 36.5 Å². The number of hydrogen-bond acceptors (Lipinski definition) is 4. The summed E-state index contributed by atoms with van der Waals surface area (Å²) in [6.45, 7) is 2.05. The van der Waals surface area contributed by atoms with E-state index in [1.165, 1.54) is 12.1 Å². The van der Waals surface area contributed by atoms with Crippen LogP contribution in [0, 0.1) is 0 Å². The van der Waals surface area contributed by atoms with Gasteiger partial charge in [-0.3, -0.25) is 4.79 Å². The lowest BCUT2D eigenvalue weighted by molar-refractivity contribution is -0.286. The third-order valence-corrected chi connectivity index (χ3v) is 5.32. The number of ether oxygens (including phenoxy) is 2. The van der Waals surface area contributed by atoms with Gasteiger partial charge >= 0.3 is 6.29 Å². The van der Waals surface area contributed by atoms with E-state index in [4.69, 9.17) is 0 Å². The van der Waals surface area contributed by atoms with Gasteiger partial charge in [0.2, 0.25) is 5.91 Å². The van der Waals surface area contributed by atoms with Crippen LogP contribution in [-0.2, 0) is 16.6 Å². The first-order valence-corrected chi connectivity index (χ1v) is 9.08. The first kappa shape index (κ1) is 17.0. The zero-order chi connectivity index (χ0) is 19.5. The smallest absolute Gasteiger partial charge is 0.395 e. The minimum atomic E-state index is -3.67. The molecule has 1 aliphatic carbocycles. The van der Waals surface area contributed by atoms with Gasteiger partial charge in [0.25, 0.3) is 0 Å². The Hall–Kier alpha value is -3.16. The topological polar surface area (TPSA) is 76.2 Å². The molecule has 144 valence electrons. The Kier molecular flexibility index (Phi) is 3.44. The number of amides is 1. The van der Waals surface area contributed by atoms with Gasteiger partial charge in [-0.05, 0) is 49.1 Å². The maximum absolute atomic E-state index is 13.2. The highest BCUT2D eigenvalue weighted by atomic mass is 19.3. The summed E-state index contributed by atoms with van der Waals surface area (Å²) in [4.78, 5) is 20.5. The minimum Gasteiger partial charge on any atom is -0.395 e. The second-order valence-corrected chi connectivity index (χ2v) is 7.17. The maximum Gasteiger partial charge on any atom is 0.586 e. The van der Waals surface area contributed by atoms with Gasteiger partial charge < -0.3 is 19.8 Å². The number of aromatic amines is 1. The largest absolute Gasteiger partial charge is 0.586 e. The molecule has 1 amide bonds. The van der Waals surface area contributed by atoms with Crippen LogP contribution in [0.5, 0.6) is 11.5 Å². The monoisotopic (exact) mass is 385 g/mol. The van der Waals surface area contributed by atoms with Crippen molar-refractivity contribution >= 4 is 22.6 Å². The lowest BCUT2D eigenvalue weighted by atomic mass is 9.94. The van der Waals surface area contributed by atoms with E-state index < -0.39 is 11.7 Å². The lowest BCUT2D eigenvalue weighted by Gasteiger charge is -2.16. The molecular weight excluding hydrogens is 368 g/mol. The molecule has 0 unspecified atom stereocenters. The number of halogens is 2. The third kappa shape index (κ3) is 2.67. The number of pyridine rings is 1. The molecule has 3 heterocycles. The Morgan fingerprint density at radius 1 is 1.21 bits per heavy atom. The van der Waals surface area contributed by atoms with Gasteiger partial charge in [0.05, 0.1) is 17.1 Å². The van der Waals surface area contributed by atoms with Gasteiger partial charge in [0.15, 0.2) is 11.5 Å². The van der Waals surface area contributed by atoms with E-state index in [9.17, 15) is 13.6 Å². The maximum atomic E-state index is 13.2. The Morgan fingerprint density at radius 3 is 2.75 bits per heavy atom. The summed E-state index contributed by atoms with van der Waals surface area (Å²) in [6, 6.07) is 8.34. The van der Waals surface area contributed by atoms with Gasteiger partial charge in [-0.2, -0.15) is 0 Å². The Bertz CT molecular complexity index is 1110. The molecule has 1 fully saturated rings. The molecule has 0 bridgehead atoms. The van der Waals surface area contributed by atoms with Crippen LogP contribution in [0.3, 0.4) is 0 Å². The molecule has 1 aliphatic heterocycles. The molecule has 2 N–H and O–H groups in total. The molecule has 0 atom stereocenters. The van der Waals surface area contributed by atoms with Crippen molar-refractivity contribution in [2.45, 2.75) is 37.9 Å². The second kappa shape index (κ2) is 5.67. The summed E-state index contributed by atoms with van der Waals surface area (Å²) in [5.41, 5.74) is 1.87. The minimum absolute atomic E-state index is 0.0312. The number of anilines is 1. The van der Waals surface area contributed by atoms with Gasteiger partial charge in [0.1, 0.15) is 5.82 Å². The summed E-state index contributed by atoms with van der Waals surface area (Å²) in [7, 11) is 0. The third-order valence-electron chi connectivity index (χ3n) is 5.32. The second-order valence-electron chi connectivity index (χ2n) is 7.17. The molecule has 8 heteroatoms. The number of aromatic nitrogens is 2. The number of H-pyrrole nitrogens is 1. The van der Waals surface area contributed by atoms with E-state index >= 15 is 0 Å². The molecule has 2 aromatic heterocycles. The van der Waals surface area contributed by atoms with Crippen molar-refractivity contribution in [1.82, 2.24) is 9.97 Å². The number of nitrogens with one attached hydrogen (secondary N) is 2. The van der Waals surface area contributed by atoms with Crippen LogP contribution < -0.4 is 14.8 Å². The average molecular weight is 385 g/mol. The molecule has 6 nitrogen and oxygen atoms in total. The Labute approximate surface area is 158 Å². The SMILES string of the molecule is CCc1cc2cc(NC(=O)C3(c4ccc5c(c4)OC(F)(F)O5)CC3)ncc2[nH]1. The zero-order valence-electron chi connectivity index (χ0n) is 15.0. The first-order chi connectivity index (χ1) is 13.4.